The number of halogens is 2. The van der Waals surface area contributed by atoms with E-state index in [1.54, 1.807) is 0 Å². The van der Waals surface area contributed by atoms with Crippen LogP contribution in [-0.4, -0.2) is 41.8 Å². The van der Waals surface area contributed by atoms with E-state index in [4.69, 9.17) is 0 Å². The van der Waals surface area contributed by atoms with Crippen molar-refractivity contribution >= 4 is 72.8 Å². The van der Waals surface area contributed by atoms with Gasteiger partial charge in [0.05, 0.1) is 0 Å². The zero-order valence-corrected chi connectivity index (χ0v) is 26.1. The SMILES string of the molecule is [Br][Bi][c-]1cccc1.[Br][Bi][c-]1cccc1.[Fe+2].[Fe+2].c1cc[cH-]c1.c1cc[cH-]c1. The van der Waals surface area contributed by atoms with Crippen LogP contribution in [-0.2, 0) is 34.1 Å². The Balaban J connectivity index is 0. The molecule has 0 aliphatic heterocycles. The molecule has 0 fully saturated rings. The molecule has 0 bridgehead atoms. The Morgan fingerprint density at radius 3 is 0.885 bits per heavy atom. The summed E-state index contributed by atoms with van der Waals surface area (Å²) in [6, 6.07) is 37.0. The first-order chi connectivity index (χ1) is 11.9. The molecule has 0 saturated carbocycles. The van der Waals surface area contributed by atoms with E-state index in [0.717, 1.165) is 0 Å². The zero-order chi connectivity index (χ0) is 17.3. The third-order valence-corrected chi connectivity index (χ3v) is 13.6. The van der Waals surface area contributed by atoms with Gasteiger partial charge >= 0.3 is 155 Å². The zero-order valence-electron chi connectivity index (χ0n) is 13.7. The fourth-order valence-corrected chi connectivity index (χ4v) is 7.85. The summed E-state index contributed by atoms with van der Waals surface area (Å²) in [5.74, 6) is 0. The van der Waals surface area contributed by atoms with Crippen LogP contribution in [0.25, 0.3) is 0 Å². The Bertz CT molecular complexity index is 552. The molecule has 2 radical (unpaired) electrons. The van der Waals surface area contributed by atoms with Crippen molar-refractivity contribution in [2.24, 2.45) is 0 Å². The van der Waals surface area contributed by atoms with Gasteiger partial charge in [0.15, 0.2) is 0 Å². The minimum Gasteiger partial charge on any atom is -0.214 e. The van der Waals surface area contributed by atoms with Crippen LogP contribution in [0.1, 0.15) is 0 Å². The van der Waals surface area contributed by atoms with E-state index in [0.29, 0.717) is 0 Å². The predicted octanol–water partition coefficient (Wildman–Crippen LogP) is 4.90. The van der Waals surface area contributed by atoms with E-state index in [1.807, 2.05) is 60.7 Å². The maximum absolute atomic E-state index is 3.52. The second kappa shape index (κ2) is 22.5. The maximum atomic E-state index is 3.52. The average Bonchev–Trinajstić information content (AvgIpc) is 3.46. The van der Waals surface area contributed by atoms with Gasteiger partial charge in [-0.2, -0.15) is 36.4 Å². The van der Waals surface area contributed by atoms with Gasteiger partial charge in [0.1, 0.15) is 0 Å². The van der Waals surface area contributed by atoms with Gasteiger partial charge in [-0.3, -0.25) is 0 Å². The Hall–Kier alpha value is 1.17. The molecule has 4 aromatic rings. The molecule has 0 heterocycles. The van der Waals surface area contributed by atoms with E-state index in [1.165, 1.54) is 6.54 Å². The molecule has 0 N–H and O–H groups in total. The summed E-state index contributed by atoms with van der Waals surface area (Å²) in [5, 5.41) is 0. The van der Waals surface area contributed by atoms with Crippen LogP contribution in [0.15, 0.2) is 109 Å². The van der Waals surface area contributed by atoms with Crippen molar-refractivity contribution in [1.29, 1.82) is 0 Å². The van der Waals surface area contributed by atoms with E-state index in [9.17, 15) is 0 Å². The van der Waals surface area contributed by atoms with Gasteiger partial charge in [-0.15, -0.1) is 0 Å². The molecule has 0 aromatic heterocycles. The summed E-state index contributed by atoms with van der Waals surface area (Å²) < 4.78 is 3.06. The fourth-order valence-electron chi connectivity index (χ4n) is 1.48. The summed E-state index contributed by atoms with van der Waals surface area (Å²) in [4.78, 5) is 0. The van der Waals surface area contributed by atoms with Gasteiger partial charge in [-0.1, -0.05) is 0 Å². The summed E-state index contributed by atoms with van der Waals surface area (Å²) in [6.45, 7) is 0. The van der Waals surface area contributed by atoms with Gasteiger partial charge in [-0.25, -0.2) is 24.3 Å². The molecule has 0 spiro atoms. The van der Waals surface area contributed by atoms with Gasteiger partial charge in [0.25, 0.3) is 0 Å². The molecule has 0 saturated heterocycles. The maximum Gasteiger partial charge on any atom is 2.00 e. The van der Waals surface area contributed by atoms with E-state index in [-0.39, 0.29) is 75.9 Å². The molecule has 0 amide bonds. The van der Waals surface area contributed by atoms with Crippen molar-refractivity contribution < 1.29 is 34.1 Å². The van der Waals surface area contributed by atoms with Crippen molar-refractivity contribution in [2.75, 3.05) is 0 Å². The number of rotatable bonds is 2. The van der Waals surface area contributed by atoms with Crippen LogP contribution < -0.4 is 6.54 Å². The Labute approximate surface area is 213 Å². The van der Waals surface area contributed by atoms with E-state index < -0.39 is 0 Å². The topological polar surface area (TPSA) is 0 Å². The van der Waals surface area contributed by atoms with Gasteiger partial charge in [0, 0.05) is 0 Å². The molecule has 6 heteroatoms. The second-order valence-corrected chi connectivity index (χ2v) is 15.9. The van der Waals surface area contributed by atoms with Crippen molar-refractivity contribution in [3.63, 3.8) is 0 Å². The second-order valence-electron chi connectivity index (χ2n) is 4.38. The fraction of sp³-hybridized carbons (Fsp3) is 0. The first-order valence-corrected chi connectivity index (χ1v) is 25.8. The quantitative estimate of drug-likeness (QED) is 0.199. The molecule has 0 aliphatic rings. The number of hydrogen-bond acceptors (Lipinski definition) is 0. The van der Waals surface area contributed by atoms with Gasteiger partial charge in [0.2, 0.25) is 0 Å². The Morgan fingerprint density at radius 2 is 0.769 bits per heavy atom. The molecule has 138 valence electrons. The largest absolute Gasteiger partial charge is 2.00 e. The third kappa shape index (κ3) is 17.3. The van der Waals surface area contributed by atoms with Crippen LogP contribution in [0.5, 0.6) is 0 Å². The van der Waals surface area contributed by atoms with Crippen molar-refractivity contribution in [1.82, 2.24) is 0 Å². The summed E-state index contributed by atoms with van der Waals surface area (Å²) >= 11 is 6.31. The van der Waals surface area contributed by atoms with Crippen molar-refractivity contribution in [3.8, 4) is 0 Å². The molecule has 4 aromatic carbocycles. The van der Waals surface area contributed by atoms with Crippen LogP contribution in [0.4, 0.5) is 0 Å². The van der Waals surface area contributed by atoms with Crippen LogP contribution in [0.2, 0.25) is 0 Å². The summed E-state index contributed by atoms with van der Waals surface area (Å²) in [5.41, 5.74) is 0. The van der Waals surface area contributed by atoms with Crippen LogP contribution >= 0.6 is 24.4 Å². The monoisotopic (exact) mass is 946 g/mol. The first-order valence-electron chi connectivity index (χ1n) is 7.27. The van der Waals surface area contributed by atoms with Crippen molar-refractivity contribution in [2.45, 2.75) is 0 Å². The van der Waals surface area contributed by atoms with E-state index >= 15 is 0 Å². The average molecular weight is 948 g/mol. The Morgan fingerprint density at radius 1 is 0.500 bits per heavy atom. The molecular formula is C20H18Bi2Br2Fe2. The van der Waals surface area contributed by atoms with Gasteiger partial charge < -0.3 is 0 Å². The van der Waals surface area contributed by atoms with Crippen molar-refractivity contribution in [3.05, 3.63) is 109 Å². The van der Waals surface area contributed by atoms with Crippen LogP contribution in [0, 0.1) is 0 Å². The molecule has 0 aliphatic carbocycles. The molecular weight excluding hydrogens is 930 g/mol. The normalized spacial score (nSPS) is 8.08. The summed E-state index contributed by atoms with van der Waals surface area (Å²) in [7, 11) is 0. The minimum absolute atomic E-state index is 0. The minimum atomic E-state index is -0.362. The smallest absolute Gasteiger partial charge is 0.214 e. The first kappa shape index (κ1) is 29.4. The molecule has 26 heavy (non-hydrogen) atoms. The van der Waals surface area contributed by atoms with E-state index in [2.05, 4.69) is 73.0 Å². The number of hydrogen-bond donors (Lipinski definition) is 0. The van der Waals surface area contributed by atoms with Crippen LogP contribution in [0.3, 0.4) is 0 Å². The summed E-state index contributed by atoms with van der Waals surface area (Å²) in [6.07, 6.45) is 0. The Kier molecular flexibility index (Phi) is 25.4. The molecule has 0 unspecified atom stereocenters. The predicted molar refractivity (Wildman–Crippen MR) is 117 cm³/mol. The molecule has 0 atom stereocenters. The molecule has 0 nitrogen and oxygen atoms in total. The molecule has 4 rings (SSSR count). The standard InChI is InChI=1S/2C5H5.2C5H4.2Bi.2BrH.2Fe/c4*1-2-4-5-3-1;;;;;;/h2*1-5H;2*1-4H;;;2*1H;;/q4*-1;2*+1;;;2*+2/p-2. The van der Waals surface area contributed by atoms with Gasteiger partial charge in [-0.05, 0) is 0 Å². The third-order valence-electron chi connectivity index (χ3n) is 2.60.